The largest absolute Gasteiger partial charge is 0.375 e. The van der Waals surface area contributed by atoms with Crippen LogP contribution in [-0.2, 0) is 14.2 Å². The highest BCUT2D eigenvalue weighted by molar-refractivity contribution is 8.01. The van der Waals surface area contributed by atoms with Crippen LogP contribution >= 0.6 is 11.8 Å². The minimum absolute atomic E-state index is 0.00631. The standard InChI is InChI=1S/C19H20O2S/c1-20-17-13-14-18(21-2)22-19(17,15-9-5-3-6-10-15)16-11-7-4-8-12-16/h3-14,17-18H,1-2H3. The SMILES string of the molecule is COC1C=CC(OC)C(c2ccccc2)(c2ccccc2)S1. The Hall–Kier alpha value is -1.55. The van der Waals surface area contributed by atoms with Crippen LogP contribution in [0.2, 0.25) is 0 Å². The van der Waals surface area contributed by atoms with Crippen molar-refractivity contribution in [3.8, 4) is 0 Å². The van der Waals surface area contributed by atoms with Crippen LogP contribution in [0.1, 0.15) is 11.1 Å². The van der Waals surface area contributed by atoms with Gasteiger partial charge in [0, 0.05) is 14.2 Å². The Bertz CT molecular complexity index is 585. The van der Waals surface area contributed by atoms with Crippen LogP contribution in [0.3, 0.4) is 0 Å². The van der Waals surface area contributed by atoms with E-state index in [-0.39, 0.29) is 16.3 Å². The summed E-state index contributed by atoms with van der Waals surface area (Å²) >= 11 is 1.78. The van der Waals surface area contributed by atoms with E-state index in [0.29, 0.717) is 0 Å². The quantitative estimate of drug-likeness (QED) is 0.788. The fourth-order valence-corrected chi connectivity index (χ4v) is 4.48. The molecular weight excluding hydrogens is 292 g/mol. The summed E-state index contributed by atoms with van der Waals surface area (Å²) in [6, 6.07) is 21.1. The first-order valence-corrected chi connectivity index (χ1v) is 8.22. The lowest BCUT2D eigenvalue weighted by molar-refractivity contribution is 0.109. The van der Waals surface area contributed by atoms with Gasteiger partial charge in [0.05, 0.1) is 10.9 Å². The predicted octanol–water partition coefficient (Wildman–Crippen LogP) is 4.22. The molecule has 2 aromatic carbocycles. The number of ether oxygens (including phenoxy) is 2. The number of methoxy groups -OCH3 is 2. The summed E-state index contributed by atoms with van der Waals surface area (Å²) < 4.78 is 11.1. The molecule has 0 saturated carbocycles. The molecule has 3 rings (SSSR count). The van der Waals surface area contributed by atoms with Crippen molar-refractivity contribution in [3.63, 3.8) is 0 Å². The van der Waals surface area contributed by atoms with Crippen molar-refractivity contribution in [2.24, 2.45) is 0 Å². The molecule has 1 aliphatic rings. The maximum atomic E-state index is 5.85. The lowest BCUT2D eigenvalue weighted by Crippen LogP contribution is -2.42. The first kappa shape index (κ1) is 15.3. The Kier molecular flexibility index (Phi) is 4.67. The fourth-order valence-electron chi connectivity index (χ4n) is 2.99. The van der Waals surface area contributed by atoms with Crippen molar-refractivity contribution < 1.29 is 9.47 Å². The van der Waals surface area contributed by atoms with Gasteiger partial charge in [0.15, 0.2) is 0 Å². The molecule has 3 heteroatoms. The number of hydrogen-bond acceptors (Lipinski definition) is 3. The monoisotopic (exact) mass is 312 g/mol. The van der Waals surface area contributed by atoms with E-state index in [1.54, 1.807) is 26.0 Å². The van der Waals surface area contributed by atoms with E-state index in [4.69, 9.17) is 9.47 Å². The molecule has 0 spiro atoms. The highest BCUT2D eigenvalue weighted by Gasteiger charge is 2.46. The summed E-state index contributed by atoms with van der Waals surface area (Å²) in [6.45, 7) is 0. The van der Waals surface area contributed by atoms with E-state index in [1.807, 2.05) is 12.1 Å². The number of thioether (sulfide) groups is 1. The van der Waals surface area contributed by atoms with Gasteiger partial charge < -0.3 is 9.47 Å². The third-order valence-corrected chi connectivity index (χ3v) is 5.69. The van der Waals surface area contributed by atoms with E-state index in [9.17, 15) is 0 Å². The maximum absolute atomic E-state index is 5.85. The first-order chi connectivity index (χ1) is 10.8. The van der Waals surface area contributed by atoms with Gasteiger partial charge in [-0.2, -0.15) is 0 Å². The van der Waals surface area contributed by atoms with E-state index < -0.39 is 0 Å². The Morgan fingerprint density at radius 1 is 0.773 bits per heavy atom. The summed E-state index contributed by atoms with van der Waals surface area (Å²) in [5.74, 6) is 0. The molecule has 0 N–H and O–H groups in total. The third-order valence-electron chi connectivity index (χ3n) is 4.04. The van der Waals surface area contributed by atoms with Crippen LogP contribution in [0.5, 0.6) is 0 Å². The Balaban J connectivity index is 2.20. The average molecular weight is 312 g/mol. The molecule has 0 bridgehead atoms. The van der Waals surface area contributed by atoms with Gasteiger partial charge in [-0.3, -0.25) is 0 Å². The molecule has 2 atom stereocenters. The summed E-state index contributed by atoms with van der Waals surface area (Å²) in [5, 5.41) is 0. The average Bonchev–Trinajstić information content (AvgIpc) is 2.62. The summed E-state index contributed by atoms with van der Waals surface area (Å²) in [5.41, 5.74) is 2.46. The molecule has 0 radical (unpaired) electrons. The molecule has 2 aromatic rings. The molecule has 0 saturated heterocycles. The lowest BCUT2D eigenvalue weighted by atomic mass is 9.84. The zero-order valence-corrected chi connectivity index (χ0v) is 13.6. The molecule has 1 heterocycles. The molecule has 0 fully saturated rings. The Labute approximate surface area is 136 Å². The zero-order valence-electron chi connectivity index (χ0n) is 12.8. The van der Waals surface area contributed by atoms with E-state index in [1.165, 1.54) is 11.1 Å². The second kappa shape index (κ2) is 6.69. The summed E-state index contributed by atoms with van der Waals surface area (Å²) in [7, 11) is 3.51. The van der Waals surface area contributed by atoms with Crippen LogP contribution in [0.25, 0.3) is 0 Å². The number of hydrogen-bond donors (Lipinski definition) is 0. The van der Waals surface area contributed by atoms with Gasteiger partial charge >= 0.3 is 0 Å². The highest BCUT2D eigenvalue weighted by atomic mass is 32.2. The van der Waals surface area contributed by atoms with Crippen molar-refractivity contribution in [1.82, 2.24) is 0 Å². The minimum Gasteiger partial charge on any atom is -0.375 e. The maximum Gasteiger partial charge on any atom is 0.122 e. The molecule has 0 amide bonds. The minimum atomic E-state index is -0.313. The van der Waals surface area contributed by atoms with Crippen molar-refractivity contribution in [1.29, 1.82) is 0 Å². The first-order valence-electron chi connectivity index (χ1n) is 7.34. The van der Waals surface area contributed by atoms with E-state index >= 15 is 0 Å². The predicted molar refractivity (Wildman–Crippen MR) is 92.0 cm³/mol. The van der Waals surface area contributed by atoms with Crippen molar-refractivity contribution >= 4 is 11.8 Å². The fraction of sp³-hybridized carbons (Fsp3) is 0.263. The van der Waals surface area contributed by atoms with Gasteiger partial charge in [-0.05, 0) is 17.2 Å². The lowest BCUT2D eigenvalue weighted by Gasteiger charge is -2.43. The van der Waals surface area contributed by atoms with Gasteiger partial charge in [0.2, 0.25) is 0 Å². The van der Waals surface area contributed by atoms with E-state index in [0.717, 1.165) is 0 Å². The van der Waals surface area contributed by atoms with Crippen molar-refractivity contribution in [3.05, 3.63) is 83.9 Å². The Morgan fingerprint density at radius 3 is 1.77 bits per heavy atom. The molecular formula is C19H20O2S. The van der Waals surface area contributed by atoms with Crippen LogP contribution in [-0.4, -0.2) is 25.8 Å². The number of benzene rings is 2. The van der Waals surface area contributed by atoms with Crippen LogP contribution in [0.4, 0.5) is 0 Å². The van der Waals surface area contributed by atoms with Crippen LogP contribution in [0, 0.1) is 0 Å². The van der Waals surface area contributed by atoms with Crippen LogP contribution < -0.4 is 0 Å². The zero-order chi connectivity index (χ0) is 15.4. The molecule has 1 aliphatic heterocycles. The van der Waals surface area contributed by atoms with E-state index in [2.05, 4.69) is 60.7 Å². The number of rotatable bonds is 4. The normalized spacial score (nSPS) is 23.4. The Morgan fingerprint density at radius 2 is 1.32 bits per heavy atom. The topological polar surface area (TPSA) is 18.5 Å². The smallest absolute Gasteiger partial charge is 0.122 e. The summed E-state index contributed by atoms with van der Waals surface area (Å²) in [6.07, 6.45) is 4.14. The van der Waals surface area contributed by atoms with Gasteiger partial charge in [0.25, 0.3) is 0 Å². The molecule has 0 aromatic heterocycles. The van der Waals surface area contributed by atoms with Crippen LogP contribution in [0.15, 0.2) is 72.8 Å². The van der Waals surface area contributed by atoms with Gasteiger partial charge in [-0.15, -0.1) is 11.8 Å². The van der Waals surface area contributed by atoms with Gasteiger partial charge in [-0.1, -0.05) is 66.7 Å². The molecule has 22 heavy (non-hydrogen) atoms. The molecule has 2 unspecified atom stereocenters. The third kappa shape index (κ3) is 2.60. The second-order valence-corrected chi connectivity index (χ2v) is 6.58. The highest BCUT2D eigenvalue weighted by Crippen LogP contribution is 2.51. The summed E-state index contributed by atoms with van der Waals surface area (Å²) in [4.78, 5) is 0. The van der Waals surface area contributed by atoms with Gasteiger partial charge in [-0.25, -0.2) is 0 Å². The second-order valence-electron chi connectivity index (χ2n) is 5.23. The van der Waals surface area contributed by atoms with Crippen molar-refractivity contribution in [2.75, 3.05) is 14.2 Å². The van der Waals surface area contributed by atoms with Gasteiger partial charge in [0.1, 0.15) is 5.44 Å². The molecule has 114 valence electrons. The molecule has 0 aliphatic carbocycles. The van der Waals surface area contributed by atoms with Crippen molar-refractivity contribution in [2.45, 2.75) is 16.3 Å². The molecule has 2 nitrogen and oxygen atoms in total.